The number of rotatable bonds is 1. The van der Waals surface area contributed by atoms with Crippen molar-refractivity contribution in [2.45, 2.75) is 4.90 Å². The van der Waals surface area contributed by atoms with Gasteiger partial charge in [-0.05, 0) is 35.9 Å². The van der Waals surface area contributed by atoms with Gasteiger partial charge in [-0.3, -0.25) is 0 Å². The first-order chi connectivity index (χ1) is 7.16. The van der Waals surface area contributed by atoms with Gasteiger partial charge in [-0.15, -0.1) is 12.6 Å². The van der Waals surface area contributed by atoms with E-state index >= 15 is 0 Å². The van der Waals surface area contributed by atoms with Crippen LogP contribution in [0.4, 0.5) is 4.39 Å². The predicted octanol–water partition coefficient (Wildman–Crippen LogP) is 4.43. The molecule has 0 unspecified atom stereocenters. The fourth-order valence-corrected chi connectivity index (χ4v) is 1.79. The molecule has 0 radical (unpaired) electrons. The van der Waals surface area contributed by atoms with Gasteiger partial charge < -0.3 is 0 Å². The Morgan fingerprint density at radius 3 is 2.27 bits per heavy atom. The Bertz CT molecular complexity index is 479. The van der Waals surface area contributed by atoms with Crippen molar-refractivity contribution < 1.29 is 4.39 Å². The first-order valence-corrected chi connectivity index (χ1v) is 5.24. The third-order valence-corrected chi connectivity index (χ3v) is 2.72. The topological polar surface area (TPSA) is 0 Å². The number of thiol groups is 1. The maximum Gasteiger partial charge on any atom is 0.124 e. The van der Waals surface area contributed by atoms with Crippen LogP contribution in [-0.2, 0) is 0 Å². The Morgan fingerprint density at radius 1 is 1.00 bits per heavy atom. The Hall–Kier alpha value is -0.990. The van der Waals surface area contributed by atoms with Crippen molar-refractivity contribution in [1.82, 2.24) is 0 Å². The molecule has 3 heteroatoms. The third kappa shape index (κ3) is 2.33. The van der Waals surface area contributed by atoms with Crippen molar-refractivity contribution in [3.8, 4) is 11.1 Å². The fraction of sp³-hybridized carbons (Fsp3) is 0. The number of halogens is 2. The monoisotopic (exact) mass is 238 g/mol. The summed E-state index contributed by atoms with van der Waals surface area (Å²) in [7, 11) is 0. The molecule has 0 aliphatic carbocycles. The van der Waals surface area contributed by atoms with E-state index in [9.17, 15) is 4.39 Å². The molecule has 0 nitrogen and oxygen atoms in total. The normalized spacial score (nSPS) is 10.3. The molecule has 15 heavy (non-hydrogen) atoms. The van der Waals surface area contributed by atoms with Gasteiger partial charge in [-0.25, -0.2) is 4.39 Å². The second-order valence-corrected chi connectivity index (χ2v) is 4.09. The van der Waals surface area contributed by atoms with Gasteiger partial charge in [0.05, 0.1) is 5.02 Å². The molecule has 0 bridgehead atoms. The van der Waals surface area contributed by atoms with Crippen LogP contribution >= 0.6 is 24.2 Å². The highest BCUT2D eigenvalue weighted by atomic mass is 35.5. The zero-order valence-corrected chi connectivity index (χ0v) is 9.39. The fourth-order valence-electron chi connectivity index (χ4n) is 1.36. The highest BCUT2D eigenvalue weighted by Gasteiger charge is 2.03. The van der Waals surface area contributed by atoms with Crippen LogP contribution in [0.3, 0.4) is 0 Å². The van der Waals surface area contributed by atoms with E-state index in [2.05, 4.69) is 12.6 Å². The quantitative estimate of drug-likeness (QED) is 0.698. The summed E-state index contributed by atoms with van der Waals surface area (Å²) in [5.74, 6) is -0.324. The van der Waals surface area contributed by atoms with Crippen LogP contribution in [0.1, 0.15) is 0 Å². The molecular weight excluding hydrogens is 231 g/mol. The van der Waals surface area contributed by atoms with Gasteiger partial charge in [-0.1, -0.05) is 23.7 Å². The number of benzene rings is 2. The lowest BCUT2D eigenvalue weighted by molar-refractivity contribution is 0.628. The molecule has 0 amide bonds. The molecule has 2 rings (SSSR count). The smallest absolute Gasteiger partial charge is 0.124 e. The van der Waals surface area contributed by atoms with Gasteiger partial charge in [0.1, 0.15) is 5.82 Å². The second kappa shape index (κ2) is 4.25. The minimum Gasteiger partial charge on any atom is -0.207 e. The third-order valence-electron chi connectivity index (χ3n) is 2.11. The van der Waals surface area contributed by atoms with Crippen LogP contribution in [0.2, 0.25) is 5.02 Å². The summed E-state index contributed by atoms with van der Waals surface area (Å²) in [6, 6.07) is 11.9. The molecule has 0 N–H and O–H groups in total. The predicted molar refractivity (Wildman–Crippen MR) is 64.1 cm³/mol. The van der Waals surface area contributed by atoms with Crippen LogP contribution in [0, 0.1) is 5.82 Å². The van der Waals surface area contributed by atoms with Gasteiger partial charge in [0, 0.05) is 10.5 Å². The van der Waals surface area contributed by atoms with Gasteiger partial charge in [-0.2, -0.15) is 0 Å². The van der Waals surface area contributed by atoms with Gasteiger partial charge in [0.15, 0.2) is 0 Å². The largest absolute Gasteiger partial charge is 0.207 e. The van der Waals surface area contributed by atoms with E-state index in [-0.39, 0.29) is 5.82 Å². The molecule has 76 valence electrons. The number of hydrogen-bond acceptors (Lipinski definition) is 1. The molecule has 0 spiro atoms. The Kier molecular flexibility index (Phi) is 2.98. The van der Waals surface area contributed by atoms with Gasteiger partial charge >= 0.3 is 0 Å². The average Bonchev–Trinajstić information content (AvgIpc) is 2.20. The Labute approximate surface area is 98.1 Å². The lowest BCUT2D eigenvalue weighted by atomic mass is 10.1. The maximum absolute atomic E-state index is 12.8. The minimum absolute atomic E-state index is 0.324. The summed E-state index contributed by atoms with van der Waals surface area (Å²) in [6.07, 6.45) is 0. The molecule has 0 aliphatic rings. The molecule has 0 atom stereocenters. The van der Waals surface area contributed by atoms with E-state index in [4.69, 9.17) is 11.6 Å². The van der Waals surface area contributed by atoms with Crippen molar-refractivity contribution in [1.29, 1.82) is 0 Å². The van der Waals surface area contributed by atoms with E-state index in [1.165, 1.54) is 12.1 Å². The lowest BCUT2D eigenvalue weighted by Crippen LogP contribution is -1.81. The Balaban J connectivity index is 2.49. The second-order valence-electron chi connectivity index (χ2n) is 3.17. The summed E-state index contributed by atoms with van der Waals surface area (Å²) in [6.45, 7) is 0. The van der Waals surface area contributed by atoms with Gasteiger partial charge in [0.25, 0.3) is 0 Å². The van der Waals surface area contributed by atoms with Crippen molar-refractivity contribution in [2.75, 3.05) is 0 Å². The summed E-state index contributed by atoms with van der Waals surface area (Å²) in [5, 5.41) is 0.418. The molecule has 0 heterocycles. The van der Waals surface area contributed by atoms with Crippen molar-refractivity contribution >= 4 is 24.2 Å². The van der Waals surface area contributed by atoms with Crippen LogP contribution in [-0.4, -0.2) is 0 Å². The van der Waals surface area contributed by atoms with Crippen molar-refractivity contribution in [2.24, 2.45) is 0 Å². The molecule has 0 aromatic heterocycles. The highest BCUT2D eigenvalue weighted by molar-refractivity contribution is 7.80. The van der Waals surface area contributed by atoms with Crippen LogP contribution in [0.5, 0.6) is 0 Å². The van der Waals surface area contributed by atoms with E-state index in [0.29, 0.717) is 5.02 Å². The molecular formula is C12H8ClFS. The highest BCUT2D eigenvalue weighted by Crippen LogP contribution is 2.28. The Morgan fingerprint density at radius 2 is 1.67 bits per heavy atom. The zero-order chi connectivity index (χ0) is 10.8. The minimum atomic E-state index is -0.324. The van der Waals surface area contributed by atoms with Crippen molar-refractivity contribution in [3.63, 3.8) is 0 Å². The van der Waals surface area contributed by atoms with Crippen LogP contribution in [0.25, 0.3) is 11.1 Å². The average molecular weight is 239 g/mol. The molecule has 0 fully saturated rings. The molecule has 0 saturated carbocycles. The van der Waals surface area contributed by atoms with E-state index < -0.39 is 0 Å². The maximum atomic E-state index is 12.8. The lowest BCUT2D eigenvalue weighted by Gasteiger charge is -2.04. The van der Waals surface area contributed by atoms with E-state index in [1.54, 1.807) is 6.07 Å². The summed E-state index contributed by atoms with van der Waals surface area (Å²) >= 11 is 10.1. The molecule has 0 saturated heterocycles. The summed E-state index contributed by atoms with van der Waals surface area (Å²) < 4.78 is 12.8. The summed E-state index contributed by atoms with van der Waals surface area (Å²) in [4.78, 5) is 0.886. The molecule has 2 aromatic carbocycles. The van der Waals surface area contributed by atoms with E-state index in [1.807, 2.05) is 24.3 Å². The van der Waals surface area contributed by atoms with Crippen LogP contribution < -0.4 is 0 Å². The van der Waals surface area contributed by atoms with E-state index in [0.717, 1.165) is 16.0 Å². The molecule has 2 aromatic rings. The first kappa shape index (κ1) is 10.5. The van der Waals surface area contributed by atoms with Crippen molar-refractivity contribution in [3.05, 3.63) is 53.3 Å². The first-order valence-electron chi connectivity index (χ1n) is 4.41. The zero-order valence-electron chi connectivity index (χ0n) is 7.74. The standard InChI is InChI=1S/C12H8ClFS/c13-12-7-9(14)3-6-11(12)8-1-4-10(15)5-2-8/h1-7,15H. The number of hydrogen-bond donors (Lipinski definition) is 1. The molecule has 0 aliphatic heterocycles. The van der Waals surface area contributed by atoms with Crippen LogP contribution in [0.15, 0.2) is 47.4 Å². The van der Waals surface area contributed by atoms with Gasteiger partial charge in [0.2, 0.25) is 0 Å². The SMILES string of the molecule is Fc1ccc(-c2ccc(S)cc2)c(Cl)c1. The summed E-state index contributed by atoms with van der Waals surface area (Å²) in [5.41, 5.74) is 1.78.